The molecule has 0 radical (unpaired) electrons. The van der Waals surface area contributed by atoms with E-state index in [9.17, 15) is 19.8 Å². The van der Waals surface area contributed by atoms with Crippen LogP contribution in [0.4, 0.5) is 4.79 Å². The minimum absolute atomic E-state index is 0.0396. The largest absolute Gasteiger partial charge is 0.479 e. The van der Waals surface area contributed by atoms with Crippen LogP contribution < -0.4 is 5.32 Å². The summed E-state index contributed by atoms with van der Waals surface area (Å²) in [5.41, 5.74) is 1.38. The second-order valence-electron chi connectivity index (χ2n) is 6.49. The van der Waals surface area contributed by atoms with E-state index in [1.807, 2.05) is 0 Å². The van der Waals surface area contributed by atoms with E-state index < -0.39 is 24.0 Å². The van der Waals surface area contributed by atoms with Crippen molar-refractivity contribution in [3.8, 4) is 0 Å². The van der Waals surface area contributed by atoms with E-state index in [2.05, 4.69) is 21.2 Å². The van der Waals surface area contributed by atoms with Gasteiger partial charge in [-0.1, -0.05) is 57.3 Å². The number of benzene rings is 2. The van der Waals surface area contributed by atoms with Crippen molar-refractivity contribution in [3.05, 3.63) is 68.1 Å². The number of halogens is 3. The molecule has 0 aromatic heterocycles. The summed E-state index contributed by atoms with van der Waals surface area (Å²) in [4.78, 5) is 25.6. The first-order valence-electron chi connectivity index (χ1n) is 8.42. The first-order valence-corrected chi connectivity index (χ1v) is 9.97. The zero-order valence-electron chi connectivity index (χ0n) is 14.5. The van der Waals surface area contributed by atoms with Crippen LogP contribution in [0.3, 0.4) is 0 Å². The number of aliphatic hydroxyl groups is 1. The van der Waals surface area contributed by atoms with Crippen LogP contribution in [0.2, 0.25) is 10.0 Å². The summed E-state index contributed by atoms with van der Waals surface area (Å²) in [5, 5.41) is 23.1. The Morgan fingerprint density at radius 1 is 1.25 bits per heavy atom. The maximum absolute atomic E-state index is 12.7. The zero-order valence-corrected chi connectivity index (χ0v) is 17.6. The molecule has 2 amide bonds. The van der Waals surface area contributed by atoms with Gasteiger partial charge in [-0.15, -0.1) is 0 Å². The van der Waals surface area contributed by atoms with Crippen LogP contribution in [0, 0.1) is 5.92 Å². The lowest BCUT2D eigenvalue weighted by atomic mass is 9.85. The Bertz CT molecular complexity index is 894. The second-order valence-corrected chi connectivity index (χ2v) is 8.25. The fourth-order valence-electron chi connectivity index (χ4n) is 3.33. The molecule has 3 N–H and O–H groups in total. The molecule has 1 aliphatic rings. The number of rotatable bonds is 5. The summed E-state index contributed by atoms with van der Waals surface area (Å²) in [5.74, 6) is -2.09. The van der Waals surface area contributed by atoms with Gasteiger partial charge in [0.15, 0.2) is 6.10 Å². The molecule has 0 aliphatic carbocycles. The SMILES string of the molecule is O=C(O)C(O)C1CNC(=O)N(Cc2ccc(Cl)cc2Cl)C1c1ccc(Br)cc1. The van der Waals surface area contributed by atoms with Gasteiger partial charge in [0, 0.05) is 33.5 Å². The fraction of sp³-hybridized carbons (Fsp3) is 0.263. The molecule has 1 heterocycles. The lowest BCUT2D eigenvalue weighted by Gasteiger charge is -2.43. The van der Waals surface area contributed by atoms with Gasteiger partial charge >= 0.3 is 12.0 Å². The second kappa shape index (κ2) is 8.69. The van der Waals surface area contributed by atoms with Crippen LogP contribution in [0.1, 0.15) is 17.2 Å². The summed E-state index contributed by atoms with van der Waals surface area (Å²) < 4.78 is 0.846. The van der Waals surface area contributed by atoms with Crippen LogP contribution >= 0.6 is 39.1 Å². The first kappa shape index (κ1) is 20.9. The summed E-state index contributed by atoms with van der Waals surface area (Å²) in [6, 6.07) is 11.2. The van der Waals surface area contributed by atoms with Gasteiger partial charge in [-0.25, -0.2) is 9.59 Å². The van der Waals surface area contributed by atoms with Crippen molar-refractivity contribution in [1.29, 1.82) is 0 Å². The van der Waals surface area contributed by atoms with E-state index in [1.54, 1.807) is 42.5 Å². The molecule has 0 spiro atoms. The van der Waals surface area contributed by atoms with Crippen LogP contribution in [-0.2, 0) is 11.3 Å². The number of aliphatic hydroxyl groups excluding tert-OH is 1. The van der Waals surface area contributed by atoms with E-state index in [0.717, 1.165) is 4.47 Å². The van der Waals surface area contributed by atoms with Gasteiger partial charge in [0.05, 0.1) is 6.04 Å². The van der Waals surface area contributed by atoms with E-state index in [4.69, 9.17) is 23.2 Å². The molecule has 9 heteroatoms. The number of carboxylic acids is 1. The van der Waals surface area contributed by atoms with Crippen molar-refractivity contribution in [2.45, 2.75) is 18.7 Å². The van der Waals surface area contributed by atoms with Gasteiger partial charge in [0.2, 0.25) is 0 Å². The standard InChI is InChI=1S/C19H17BrCl2N2O4/c20-12-4-1-10(2-5-12)16-14(17(25)18(26)27)8-23-19(28)24(16)9-11-3-6-13(21)7-15(11)22/h1-7,14,16-17,25H,8-9H2,(H,23,28)(H,26,27). The van der Waals surface area contributed by atoms with Gasteiger partial charge in [-0.05, 0) is 35.4 Å². The molecule has 1 saturated heterocycles. The van der Waals surface area contributed by atoms with Gasteiger partial charge in [0.25, 0.3) is 0 Å². The summed E-state index contributed by atoms with van der Waals surface area (Å²) in [6.45, 7) is 0.170. The molecular weight excluding hydrogens is 471 g/mol. The molecular formula is C19H17BrCl2N2O4. The number of hydrogen-bond acceptors (Lipinski definition) is 3. The molecule has 2 aromatic rings. The number of hydrogen-bond donors (Lipinski definition) is 3. The number of amides is 2. The first-order chi connectivity index (χ1) is 13.3. The molecule has 1 fully saturated rings. The van der Waals surface area contributed by atoms with Crippen molar-refractivity contribution in [1.82, 2.24) is 10.2 Å². The van der Waals surface area contributed by atoms with E-state index in [0.29, 0.717) is 21.2 Å². The highest BCUT2D eigenvalue weighted by molar-refractivity contribution is 9.10. The number of carbonyl (C=O) groups is 2. The number of nitrogens with zero attached hydrogens (tertiary/aromatic N) is 1. The van der Waals surface area contributed by atoms with Crippen molar-refractivity contribution < 1.29 is 19.8 Å². The van der Waals surface area contributed by atoms with E-state index >= 15 is 0 Å². The Morgan fingerprint density at radius 2 is 1.93 bits per heavy atom. The third-order valence-corrected chi connectivity index (χ3v) is 5.83. The van der Waals surface area contributed by atoms with Crippen molar-refractivity contribution in [3.63, 3.8) is 0 Å². The molecule has 3 rings (SSSR count). The zero-order chi connectivity index (χ0) is 20.4. The molecule has 2 aromatic carbocycles. The van der Waals surface area contributed by atoms with Gasteiger partial charge in [0.1, 0.15) is 0 Å². The number of carboxylic acid groups (broad SMARTS) is 1. The average Bonchev–Trinajstić information content (AvgIpc) is 2.65. The molecule has 1 aliphatic heterocycles. The van der Waals surface area contributed by atoms with Crippen LogP contribution in [0.15, 0.2) is 46.9 Å². The Hall–Kier alpha value is -1.80. The van der Waals surface area contributed by atoms with Gasteiger partial charge < -0.3 is 20.4 Å². The number of aliphatic carboxylic acids is 1. The molecule has 0 saturated carbocycles. The van der Waals surface area contributed by atoms with Crippen molar-refractivity contribution >= 4 is 51.1 Å². The lowest BCUT2D eigenvalue weighted by molar-refractivity contribution is -0.151. The molecule has 28 heavy (non-hydrogen) atoms. The monoisotopic (exact) mass is 486 g/mol. The molecule has 3 unspecified atom stereocenters. The topological polar surface area (TPSA) is 89.9 Å². The summed E-state index contributed by atoms with van der Waals surface area (Å²) in [7, 11) is 0. The van der Waals surface area contributed by atoms with Crippen LogP contribution in [0.5, 0.6) is 0 Å². The maximum atomic E-state index is 12.7. The smallest absolute Gasteiger partial charge is 0.332 e. The number of carbonyl (C=O) groups excluding carboxylic acids is 1. The Morgan fingerprint density at radius 3 is 2.54 bits per heavy atom. The maximum Gasteiger partial charge on any atom is 0.332 e. The number of urea groups is 1. The Labute approximate surface area is 180 Å². The highest BCUT2D eigenvalue weighted by atomic mass is 79.9. The normalized spacial score (nSPS) is 20.6. The highest BCUT2D eigenvalue weighted by Gasteiger charge is 2.42. The third kappa shape index (κ3) is 4.43. The predicted octanol–water partition coefficient (Wildman–Crippen LogP) is 4.08. The molecule has 3 atom stereocenters. The van der Waals surface area contributed by atoms with Crippen LogP contribution in [0.25, 0.3) is 0 Å². The minimum atomic E-state index is -1.64. The fourth-order valence-corrected chi connectivity index (χ4v) is 4.07. The summed E-state index contributed by atoms with van der Waals surface area (Å²) in [6.07, 6.45) is -1.64. The van der Waals surface area contributed by atoms with Gasteiger partial charge in [-0.2, -0.15) is 0 Å². The Kier molecular flexibility index (Phi) is 6.50. The molecule has 148 valence electrons. The molecule has 0 bridgehead atoms. The lowest BCUT2D eigenvalue weighted by Crippen LogP contribution is -2.56. The molecule has 6 nitrogen and oxygen atoms in total. The minimum Gasteiger partial charge on any atom is -0.479 e. The van der Waals surface area contributed by atoms with E-state index in [1.165, 1.54) is 4.90 Å². The summed E-state index contributed by atoms with van der Waals surface area (Å²) >= 11 is 15.6. The van der Waals surface area contributed by atoms with Crippen molar-refractivity contribution in [2.24, 2.45) is 5.92 Å². The predicted molar refractivity (Wildman–Crippen MR) is 109 cm³/mol. The number of nitrogens with one attached hydrogen (secondary N) is 1. The van der Waals surface area contributed by atoms with E-state index in [-0.39, 0.29) is 19.1 Å². The van der Waals surface area contributed by atoms with Crippen LogP contribution in [-0.4, -0.2) is 39.8 Å². The average molecular weight is 488 g/mol. The third-order valence-electron chi connectivity index (χ3n) is 4.72. The van der Waals surface area contributed by atoms with Gasteiger partial charge in [-0.3, -0.25) is 0 Å². The van der Waals surface area contributed by atoms with Crippen molar-refractivity contribution in [2.75, 3.05) is 6.54 Å². The highest BCUT2D eigenvalue weighted by Crippen LogP contribution is 2.36. The Balaban J connectivity index is 2.03. The quantitative estimate of drug-likeness (QED) is 0.592.